The quantitative estimate of drug-likeness (QED) is 0.754. The maximum atomic E-state index is 5.96. The van der Waals surface area contributed by atoms with Gasteiger partial charge in [-0.05, 0) is 24.6 Å². The molecule has 2 rings (SSSR count). The Morgan fingerprint density at radius 1 is 1.54 bits per heavy atom. The lowest BCUT2D eigenvalue weighted by atomic mass is 10.1. The van der Waals surface area contributed by atoms with Crippen LogP contribution < -0.4 is 5.73 Å². The molecule has 0 fully saturated rings. The lowest BCUT2D eigenvalue weighted by molar-refractivity contribution is 0.218. The van der Waals surface area contributed by atoms with Crippen molar-refractivity contribution < 1.29 is 9.15 Å². The molecule has 0 spiro atoms. The highest BCUT2D eigenvalue weighted by Gasteiger charge is 2.20. The summed E-state index contributed by atoms with van der Waals surface area (Å²) in [7, 11) is 0. The fourth-order valence-electron chi connectivity index (χ4n) is 1.49. The Bertz CT molecular complexity index is 327. The summed E-state index contributed by atoms with van der Waals surface area (Å²) in [5.74, 6) is 1.63. The van der Waals surface area contributed by atoms with Gasteiger partial charge in [-0.3, -0.25) is 0 Å². The van der Waals surface area contributed by atoms with Crippen molar-refractivity contribution in [3.8, 4) is 0 Å². The summed E-state index contributed by atoms with van der Waals surface area (Å²) in [6.07, 6.45) is 4.62. The molecule has 1 aromatic heterocycles. The van der Waals surface area contributed by atoms with E-state index < -0.39 is 0 Å². The molecule has 13 heavy (non-hydrogen) atoms. The third-order valence-electron chi connectivity index (χ3n) is 2.22. The van der Waals surface area contributed by atoms with E-state index >= 15 is 0 Å². The maximum absolute atomic E-state index is 5.96. The fraction of sp³-hybridized carbons (Fsp3) is 0.400. The zero-order valence-corrected chi connectivity index (χ0v) is 7.62. The lowest BCUT2D eigenvalue weighted by Crippen LogP contribution is -2.13. The van der Waals surface area contributed by atoms with Crippen molar-refractivity contribution in [1.82, 2.24) is 0 Å². The van der Waals surface area contributed by atoms with Crippen LogP contribution in [0.25, 0.3) is 0 Å². The molecule has 70 valence electrons. The van der Waals surface area contributed by atoms with E-state index in [0.29, 0.717) is 0 Å². The third kappa shape index (κ3) is 1.47. The van der Waals surface area contributed by atoms with Crippen LogP contribution in [-0.2, 0) is 4.74 Å². The second-order valence-corrected chi connectivity index (χ2v) is 3.19. The summed E-state index contributed by atoms with van der Waals surface area (Å²) in [6.45, 7) is 2.72. The van der Waals surface area contributed by atoms with Crippen LogP contribution in [0.15, 0.2) is 28.6 Å². The molecule has 1 aliphatic heterocycles. The molecule has 0 radical (unpaired) electrons. The summed E-state index contributed by atoms with van der Waals surface area (Å²) in [6, 6.07) is 1.67. The fourth-order valence-corrected chi connectivity index (χ4v) is 1.49. The Labute approximate surface area is 77.2 Å². The Morgan fingerprint density at radius 3 is 2.92 bits per heavy atom. The minimum absolute atomic E-state index is 0.238. The van der Waals surface area contributed by atoms with Gasteiger partial charge in [0, 0.05) is 6.42 Å². The normalized spacial score (nSPS) is 18.2. The van der Waals surface area contributed by atoms with Gasteiger partial charge in [0.05, 0.1) is 12.9 Å². The molecule has 1 aromatic rings. The molecular formula is C10H13NO2. The average molecular weight is 179 g/mol. The summed E-state index contributed by atoms with van der Waals surface area (Å²) in [4.78, 5) is 0. The molecule has 0 saturated carbocycles. The van der Waals surface area contributed by atoms with Gasteiger partial charge >= 0.3 is 0 Å². The Morgan fingerprint density at radius 2 is 2.38 bits per heavy atom. The highest BCUT2D eigenvalue weighted by atomic mass is 16.5. The summed E-state index contributed by atoms with van der Waals surface area (Å²) < 4.78 is 10.7. The molecule has 0 bridgehead atoms. The number of hydrogen-bond donors (Lipinski definition) is 1. The van der Waals surface area contributed by atoms with E-state index in [4.69, 9.17) is 14.9 Å². The monoisotopic (exact) mass is 179 g/mol. The van der Waals surface area contributed by atoms with Crippen LogP contribution in [0, 0.1) is 6.92 Å². The van der Waals surface area contributed by atoms with Crippen molar-refractivity contribution in [2.45, 2.75) is 19.4 Å². The first-order valence-electron chi connectivity index (χ1n) is 4.41. The molecule has 0 saturated heterocycles. The van der Waals surface area contributed by atoms with Crippen LogP contribution in [0.2, 0.25) is 0 Å². The number of hydrogen-bond acceptors (Lipinski definition) is 3. The van der Waals surface area contributed by atoms with Crippen molar-refractivity contribution in [3.05, 3.63) is 35.5 Å². The summed E-state index contributed by atoms with van der Waals surface area (Å²) >= 11 is 0. The smallest absolute Gasteiger partial charge is 0.131 e. The molecular weight excluding hydrogens is 166 g/mol. The van der Waals surface area contributed by atoms with Gasteiger partial charge in [0.2, 0.25) is 0 Å². The van der Waals surface area contributed by atoms with Gasteiger partial charge in [0.1, 0.15) is 17.6 Å². The molecule has 1 unspecified atom stereocenters. The number of furan rings is 1. The van der Waals surface area contributed by atoms with E-state index in [1.54, 1.807) is 6.26 Å². The molecule has 3 heteroatoms. The topological polar surface area (TPSA) is 48.4 Å². The van der Waals surface area contributed by atoms with Gasteiger partial charge in [-0.2, -0.15) is 0 Å². The average Bonchev–Trinajstić information content (AvgIpc) is 2.72. The van der Waals surface area contributed by atoms with E-state index in [-0.39, 0.29) is 6.04 Å². The summed E-state index contributed by atoms with van der Waals surface area (Å²) in [5, 5.41) is 0. The SMILES string of the molecule is Cc1ccoc1C(N)C1=CCCO1. The van der Waals surface area contributed by atoms with Gasteiger partial charge in [-0.15, -0.1) is 0 Å². The van der Waals surface area contributed by atoms with Crippen LogP contribution >= 0.6 is 0 Å². The third-order valence-corrected chi connectivity index (χ3v) is 2.22. The van der Waals surface area contributed by atoms with Crippen LogP contribution in [0.3, 0.4) is 0 Å². The standard InChI is InChI=1S/C10H13NO2/c1-7-4-6-13-10(7)9(11)8-3-2-5-12-8/h3-4,6,9H,2,5,11H2,1H3. The van der Waals surface area contributed by atoms with E-state index in [9.17, 15) is 0 Å². The molecule has 0 aromatic carbocycles. The van der Waals surface area contributed by atoms with E-state index in [1.165, 1.54) is 0 Å². The van der Waals surface area contributed by atoms with Gasteiger partial charge in [0.25, 0.3) is 0 Å². The van der Waals surface area contributed by atoms with Gasteiger partial charge < -0.3 is 14.9 Å². The first kappa shape index (κ1) is 8.38. The van der Waals surface area contributed by atoms with Crippen LogP contribution in [0.1, 0.15) is 23.8 Å². The number of rotatable bonds is 2. The maximum Gasteiger partial charge on any atom is 0.131 e. The Hall–Kier alpha value is -1.22. The van der Waals surface area contributed by atoms with Gasteiger partial charge in [0.15, 0.2) is 0 Å². The van der Waals surface area contributed by atoms with E-state index in [2.05, 4.69) is 0 Å². The van der Waals surface area contributed by atoms with Crippen molar-refractivity contribution in [2.24, 2.45) is 5.73 Å². The van der Waals surface area contributed by atoms with Gasteiger partial charge in [-0.1, -0.05) is 0 Å². The van der Waals surface area contributed by atoms with Crippen LogP contribution in [0.5, 0.6) is 0 Å². The molecule has 1 atom stereocenters. The van der Waals surface area contributed by atoms with Gasteiger partial charge in [-0.25, -0.2) is 0 Å². The molecule has 0 amide bonds. The van der Waals surface area contributed by atoms with Crippen molar-refractivity contribution >= 4 is 0 Å². The predicted octanol–water partition coefficient (Wildman–Crippen LogP) is 1.89. The number of ether oxygens (including phenoxy) is 1. The zero-order valence-electron chi connectivity index (χ0n) is 7.62. The summed E-state index contributed by atoms with van der Waals surface area (Å²) in [5.41, 5.74) is 7.03. The highest BCUT2D eigenvalue weighted by Crippen LogP contribution is 2.26. The first-order chi connectivity index (χ1) is 6.29. The minimum Gasteiger partial charge on any atom is -0.496 e. The number of aryl methyl sites for hydroxylation is 1. The molecule has 2 heterocycles. The molecule has 1 aliphatic rings. The van der Waals surface area contributed by atoms with Crippen LogP contribution in [-0.4, -0.2) is 6.61 Å². The second-order valence-electron chi connectivity index (χ2n) is 3.19. The zero-order chi connectivity index (χ0) is 9.26. The Kier molecular flexibility index (Phi) is 2.10. The van der Waals surface area contributed by atoms with Crippen molar-refractivity contribution in [3.63, 3.8) is 0 Å². The molecule has 2 N–H and O–H groups in total. The van der Waals surface area contributed by atoms with Crippen LogP contribution in [0.4, 0.5) is 0 Å². The van der Waals surface area contributed by atoms with E-state index in [1.807, 2.05) is 19.1 Å². The highest BCUT2D eigenvalue weighted by molar-refractivity contribution is 5.24. The minimum atomic E-state index is -0.238. The van der Waals surface area contributed by atoms with E-state index in [0.717, 1.165) is 30.1 Å². The largest absolute Gasteiger partial charge is 0.496 e. The number of nitrogens with two attached hydrogens (primary N) is 1. The molecule has 3 nitrogen and oxygen atoms in total. The van der Waals surface area contributed by atoms with Crippen molar-refractivity contribution in [2.75, 3.05) is 6.61 Å². The first-order valence-corrected chi connectivity index (χ1v) is 4.41. The second kappa shape index (κ2) is 3.26. The van der Waals surface area contributed by atoms with Crippen molar-refractivity contribution in [1.29, 1.82) is 0 Å². The predicted molar refractivity (Wildman–Crippen MR) is 49.0 cm³/mol. The molecule has 0 aliphatic carbocycles. The Balaban J connectivity index is 2.21. The lowest BCUT2D eigenvalue weighted by Gasteiger charge is -2.11.